The van der Waals surface area contributed by atoms with Crippen LogP contribution in [0.15, 0.2) is 36.7 Å². The first-order chi connectivity index (χ1) is 15.6. The molecule has 0 aliphatic carbocycles. The number of pyridine rings is 1. The minimum atomic E-state index is -0.292. The lowest BCUT2D eigenvalue weighted by molar-refractivity contribution is 0.0947. The van der Waals surface area contributed by atoms with Gasteiger partial charge in [0.2, 0.25) is 0 Å². The second kappa shape index (κ2) is 7.92. The zero-order valence-electron chi connectivity index (χ0n) is 17.6. The van der Waals surface area contributed by atoms with Gasteiger partial charge in [-0.25, -0.2) is 9.37 Å². The number of hydrogen-bond acceptors (Lipinski definition) is 6. The van der Waals surface area contributed by atoms with Crippen molar-refractivity contribution in [2.24, 2.45) is 0 Å². The molecule has 4 aromatic rings. The Morgan fingerprint density at radius 3 is 2.94 bits per heavy atom. The summed E-state index contributed by atoms with van der Waals surface area (Å²) in [6.45, 7) is 2.43. The van der Waals surface area contributed by atoms with E-state index < -0.39 is 0 Å². The van der Waals surface area contributed by atoms with E-state index in [-0.39, 0.29) is 17.7 Å². The number of nitrogens with one attached hydrogen (secondary N) is 3. The van der Waals surface area contributed by atoms with E-state index in [0.29, 0.717) is 58.6 Å². The molecule has 0 spiro atoms. The van der Waals surface area contributed by atoms with E-state index in [4.69, 9.17) is 4.74 Å². The van der Waals surface area contributed by atoms with E-state index in [1.165, 1.54) is 13.2 Å². The van der Waals surface area contributed by atoms with Gasteiger partial charge in [-0.1, -0.05) is 13.0 Å². The number of amides is 1. The smallest absolute Gasteiger partial charge is 0.316 e. The average Bonchev–Trinajstić information content (AvgIpc) is 3.17. The third-order valence-electron chi connectivity index (χ3n) is 5.61. The van der Waals surface area contributed by atoms with Crippen molar-refractivity contribution in [1.29, 1.82) is 0 Å². The number of nitrogens with zero attached hydrogens (tertiary/aromatic N) is 3. The number of benzene rings is 1. The van der Waals surface area contributed by atoms with E-state index in [1.54, 1.807) is 18.5 Å². The number of fused-ring (bicyclic) bond motifs is 2. The summed E-state index contributed by atoms with van der Waals surface area (Å²) in [5, 5.41) is 6.23. The first kappa shape index (κ1) is 19.9. The molecule has 32 heavy (non-hydrogen) atoms. The van der Waals surface area contributed by atoms with Gasteiger partial charge in [-0.3, -0.25) is 9.78 Å². The Balaban J connectivity index is 1.76. The van der Waals surface area contributed by atoms with E-state index in [1.807, 2.05) is 19.1 Å². The molecule has 4 heterocycles. The van der Waals surface area contributed by atoms with Gasteiger partial charge in [-0.05, 0) is 24.6 Å². The van der Waals surface area contributed by atoms with Gasteiger partial charge in [0.15, 0.2) is 0 Å². The fourth-order valence-electron chi connectivity index (χ4n) is 4.10. The molecule has 0 saturated carbocycles. The number of aromatic amines is 1. The molecule has 0 atom stereocenters. The van der Waals surface area contributed by atoms with Crippen molar-refractivity contribution >= 4 is 28.3 Å². The number of ether oxygens (including phenoxy) is 1. The molecule has 3 N–H and O–H groups in total. The van der Waals surface area contributed by atoms with Gasteiger partial charge in [0, 0.05) is 41.7 Å². The van der Waals surface area contributed by atoms with Crippen LogP contribution in [0, 0.1) is 5.82 Å². The number of methoxy groups -OCH3 is 1. The van der Waals surface area contributed by atoms with Crippen LogP contribution in [0.25, 0.3) is 22.3 Å². The zero-order valence-corrected chi connectivity index (χ0v) is 17.6. The van der Waals surface area contributed by atoms with Crippen LogP contribution in [-0.4, -0.2) is 39.5 Å². The fourth-order valence-corrected chi connectivity index (χ4v) is 4.10. The highest BCUT2D eigenvalue weighted by Gasteiger charge is 2.28. The van der Waals surface area contributed by atoms with Gasteiger partial charge in [0.1, 0.15) is 16.9 Å². The van der Waals surface area contributed by atoms with Crippen molar-refractivity contribution in [1.82, 2.24) is 25.3 Å². The predicted octanol–water partition coefficient (Wildman–Crippen LogP) is 3.76. The topological polar surface area (TPSA) is 105 Å². The summed E-state index contributed by atoms with van der Waals surface area (Å²) in [6, 6.07) is 6.93. The monoisotopic (exact) mass is 432 g/mol. The number of halogens is 1. The molecule has 1 amide bonds. The van der Waals surface area contributed by atoms with E-state index >= 15 is 0 Å². The summed E-state index contributed by atoms with van der Waals surface area (Å²) >= 11 is 0. The summed E-state index contributed by atoms with van der Waals surface area (Å²) in [5.74, 6) is -0.476. The number of aromatic nitrogens is 4. The van der Waals surface area contributed by atoms with Crippen molar-refractivity contribution in [2.45, 2.75) is 19.8 Å². The highest BCUT2D eigenvalue weighted by Crippen LogP contribution is 2.39. The maximum absolute atomic E-state index is 14.4. The van der Waals surface area contributed by atoms with Crippen LogP contribution in [-0.2, 0) is 12.8 Å². The summed E-state index contributed by atoms with van der Waals surface area (Å²) < 4.78 is 19.6. The van der Waals surface area contributed by atoms with E-state index in [0.717, 1.165) is 11.3 Å². The van der Waals surface area contributed by atoms with E-state index in [2.05, 4.69) is 30.6 Å². The first-order valence-corrected chi connectivity index (χ1v) is 10.3. The summed E-state index contributed by atoms with van der Waals surface area (Å²) in [7, 11) is 1.50. The molecule has 5 rings (SSSR count). The standard InChI is InChI=1S/C23H21FN6O2/c1-3-12-14(24)5-4-6-15(12)28-21-18-16(8-10-26-22(18)31)29-20(21)13-7-9-25-17-11-27-23(32-2)30-19(13)17/h4-7,9,11,28-29H,3,8,10H2,1-2H3,(H,26,31). The third kappa shape index (κ3) is 3.22. The molecule has 1 aliphatic heterocycles. The van der Waals surface area contributed by atoms with Crippen LogP contribution in [0.3, 0.4) is 0 Å². The Bertz CT molecular complexity index is 1350. The normalized spacial score (nSPS) is 13.0. The Morgan fingerprint density at radius 2 is 2.12 bits per heavy atom. The number of carbonyl (C=O) groups excluding carboxylic acids is 1. The van der Waals surface area contributed by atoms with Crippen molar-refractivity contribution in [3.8, 4) is 17.3 Å². The van der Waals surface area contributed by atoms with Gasteiger partial charge in [-0.15, -0.1) is 0 Å². The van der Waals surface area contributed by atoms with E-state index in [9.17, 15) is 9.18 Å². The van der Waals surface area contributed by atoms with Crippen molar-refractivity contribution in [3.63, 3.8) is 0 Å². The molecule has 0 unspecified atom stereocenters. The second-order valence-corrected chi connectivity index (χ2v) is 7.43. The summed E-state index contributed by atoms with van der Waals surface area (Å²) in [4.78, 5) is 29.2. The van der Waals surface area contributed by atoms with Crippen molar-refractivity contribution < 1.29 is 13.9 Å². The maximum atomic E-state index is 14.4. The average molecular weight is 432 g/mol. The largest absolute Gasteiger partial charge is 0.467 e. The minimum Gasteiger partial charge on any atom is -0.467 e. The highest BCUT2D eigenvalue weighted by molar-refractivity contribution is 6.08. The van der Waals surface area contributed by atoms with Crippen LogP contribution in [0.2, 0.25) is 0 Å². The Morgan fingerprint density at radius 1 is 1.25 bits per heavy atom. The van der Waals surface area contributed by atoms with Gasteiger partial charge >= 0.3 is 6.01 Å². The molecule has 0 fully saturated rings. The van der Waals surface area contributed by atoms with Gasteiger partial charge in [0.25, 0.3) is 5.91 Å². The first-order valence-electron chi connectivity index (χ1n) is 10.3. The van der Waals surface area contributed by atoms with Crippen LogP contribution in [0.5, 0.6) is 6.01 Å². The molecule has 162 valence electrons. The van der Waals surface area contributed by atoms with Gasteiger partial charge in [-0.2, -0.15) is 4.98 Å². The lowest BCUT2D eigenvalue weighted by atomic mass is 10.0. The molecule has 8 nitrogen and oxygen atoms in total. The second-order valence-electron chi connectivity index (χ2n) is 7.43. The van der Waals surface area contributed by atoms with Crippen molar-refractivity contribution in [2.75, 3.05) is 19.0 Å². The molecule has 0 radical (unpaired) electrons. The lowest BCUT2D eigenvalue weighted by Gasteiger charge is -2.17. The highest BCUT2D eigenvalue weighted by atomic mass is 19.1. The van der Waals surface area contributed by atoms with Gasteiger partial charge < -0.3 is 20.4 Å². The molecular formula is C23H21FN6O2. The van der Waals surface area contributed by atoms with Crippen LogP contribution in [0.4, 0.5) is 15.8 Å². The summed E-state index contributed by atoms with van der Waals surface area (Å²) in [5.41, 5.74) is 5.63. The Hall–Kier alpha value is -4.01. The number of anilines is 2. The molecule has 0 bridgehead atoms. The molecular weight excluding hydrogens is 411 g/mol. The number of H-pyrrole nitrogens is 1. The molecule has 1 aromatic carbocycles. The lowest BCUT2D eigenvalue weighted by Crippen LogP contribution is -2.31. The molecule has 9 heteroatoms. The maximum Gasteiger partial charge on any atom is 0.316 e. The Kier molecular flexibility index (Phi) is 4.93. The third-order valence-corrected chi connectivity index (χ3v) is 5.61. The minimum absolute atomic E-state index is 0.184. The van der Waals surface area contributed by atoms with Crippen LogP contribution < -0.4 is 15.4 Å². The number of rotatable bonds is 5. The number of hydrogen-bond donors (Lipinski definition) is 3. The quantitative estimate of drug-likeness (QED) is 0.444. The predicted molar refractivity (Wildman–Crippen MR) is 119 cm³/mol. The van der Waals surface area contributed by atoms with Crippen molar-refractivity contribution in [3.05, 3.63) is 59.3 Å². The summed E-state index contributed by atoms with van der Waals surface area (Å²) in [6.07, 6.45) is 4.42. The van der Waals surface area contributed by atoms with Crippen LogP contribution >= 0.6 is 0 Å². The molecule has 0 saturated heterocycles. The Labute approximate surface area is 183 Å². The zero-order chi connectivity index (χ0) is 22.2. The van der Waals surface area contributed by atoms with Gasteiger partial charge in [0.05, 0.1) is 30.3 Å². The SMILES string of the molecule is CCc1c(F)cccc1Nc1c(-c2ccnc3cnc(OC)nc23)[nH]c2c1C(=O)NCC2. The van der Waals surface area contributed by atoms with Crippen LogP contribution in [0.1, 0.15) is 28.5 Å². The fraction of sp³-hybridized carbons (Fsp3) is 0.217. The molecule has 3 aromatic heterocycles. The molecule has 1 aliphatic rings. The number of carbonyl (C=O) groups is 1.